The zero-order valence-electron chi connectivity index (χ0n) is 14.0. The van der Waals surface area contributed by atoms with E-state index >= 15 is 0 Å². The van der Waals surface area contributed by atoms with E-state index in [1.54, 1.807) is 24.3 Å². The maximum Gasteiger partial charge on any atom is 0.337 e. The van der Waals surface area contributed by atoms with Crippen molar-refractivity contribution in [3.8, 4) is 0 Å². The van der Waals surface area contributed by atoms with Gasteiger partial charge in [0, 0.05) is 24.8 Å². The van der Waals surface area contributed by atoms with E-state index in [4.69, 9.17) is 0 Å². The highest BCUT2D eigenvalue weighted by Gasteiger charge is 2.19. The highest BCUT2D eigenvalue weighted by atomic mass is 16.4. The van der Waals surface area contributed by atoms with Crippen LogP contribution in [0.5, 0.6) is 0 Å². The van der Waals surface area contributed by atoms with Crippen LogP contribution in [0.15, 0.2) is 30.3 Å². The van der Waals surface area contributed by atoms with Crippen molar-refractivity contribution in [3.63, 3.8) is 0 Å². The summed E-state index contributed by atoms with van der Waals surface area (Å²) in [5, 5.41) is 12.4. The van der Waals surface area contributed by atoms with Gasteiger partial charge in [-0.15, -0.1) is 0 Å². The molecule has 0 radical (unpaired) electrons. The first-order chi connectivity index (χ1) is 11.5. The SMILES string of the molecule is Cc1cc(Nc2ccccc2C(=O)O)nc(N2CCCC(C)C2)n1. The van der Waals surface area contributed by atoms with E-state index in [1.165, 1.54) is 6.42 Å². The number of carbonyl (C=O) groups is 1. The third kappa shape index (κ3) is 3.64. The first kappa shape index (κ1) is 16.2. The Morgan fingerprint density at radius 2 is 2.12 bits per heavy atom. The van der Waals surface area contributed by atoms with Gasteiger partial charge in [0.05, 0.1) is 11.3 Å². The molecule has 1 unspecified atom stereocenters. The predicted molar refractivity (Wildman–Crippen MR) is 94.1 cm³/mol. The van der Waals surface area contributed by atoms with E-state index < -0.39 is 5.97 Å². The van der Waals surface area contributed by atoms with Gasteiger partial charge in [0.2, 0.25) is 5.95 Å². The summed E-state index contributed by atoms with van der Waals surface area (Å²) in [7, 11) is 0. The van der Waals surface area contributed by atoms with E-state index in [2.05, 4.69) is 27.1 Å². The second kappa shape index (κ2) is 6.86. The molecule has 0 bridgehead atoms. The molecule has 1 atom stereocenters. The Labute approximate surface area is 141 Å². The van der Waals surface area contributed by atoms with Crippen LogP contribution in [0.2, 0.25) is 0 Å². The predicted octanol–water partition coefficient (Wildman–Crippen LogP) is 3.46. The second-order valence-corrected chi connectivity index (χ2v) is 6.36. The summed E-state index contributed by atoms with van der Waals surface area (Å²) in [5.41, 5.74) is 1.61. The Kier molecular flexibility index (Phi) is 4.64. The average molecular weight is 326 g/mol. The zero-order chi connectivity index (χ0) is 17.1. The number of carboxylic acids is 1. The van der Waals surface area contributed by atoms with Gasteiger partial charge < -0.3 is 15.3 Å². The summed E-state index contributed by atoms with van der Waals surface area (Å²) in [4.78, 5) is 22.7. The molecule has 126 valence electrons. The molecule has 1 aliphatic rings. The van der Waals surface area contributed by atoms with Gasteiger partial charge in [-0.2, -0.15) is 4.98 Å². The molecule has 6 heteroatoms. The number of hydrogen-bond acceptors (Lipinski definition) is 5. The van der Waals surface area contributed by atoms with Gasteiger partial charge in [-0.3, -0.25) is 0 Å². The van der Waals surface area contributed by atoms with Crippen molar-refractivity contribution in [2.45, 2.75) is 26.7 Å². The van der Waals surface area contributed by atoms with Gasteiger partial charge >= 0.3 is 5.97 Å². The fourth-order valence-corrected chi connectivity index (χ4v) is 3.05. The van der Waals surface area contributed by atoms with Gasteiger partial charge in [0.25, 0.3) is 0 Å². The van der Waals surface area contributed by atoms with Crippen LogP contribution < -0.4 is 10.2 Å². The van der Waals surface area contributed by atoms with E-state index in [0.717, 1.165) is 25.2 Å². The summed E-state index contributed by atoms with van der Waals surface area (Å²) < 4.78 is 0. The van der Waals surface area contributed by atoms with Crippen molar-refractivity contribution in [3.05, 3.63) is 41.6 Å². The van der Waals surface area contributed by atoms with Crippen LogP contribution in [0.25, 0.3) is 0 Å². The molecule has 0 amide bonds. The number of para-hydroxylation sites is 1. The molecule has 6 nitrogen and oxygen atoms in total. The number of nitrogens with zero attached hydrogens (tertiary/aromatic N) is 3. The lowest BCUT2D eigenvalue weighted by atomic mass is 10.0. The number of piperidine rings is 1. The molecule has 0 spiro atoms. The normalized spacial score (nSPS) is 17.6. The van der Waals surface area contributed by atoms with Gasteiger partial charge in [-0.1, -0.05) is 19.1 Å². The lowest BCUT2D eigenvalue weighted by molar-refractivity contribution is 0.0698. The molecule has 1 saturated heterocycles. The molecule has 2 heterocycles. The maximum absolute atomic E-state index is 11.3. The van der Waals surface area contributed by atoms with Crippen LogP contribution in [0.4, 0.5) is 17.5 Å². The smallest absolute Gasteiger partial charge is 0.337 e. The molecule has 24 heavy (non-hydrogen) atoms. The van der Waals surface area contributed by atoms with Gasteiger partial charge in [-0.05, 0) is 37.8 Å². The zero-order valence-corrected chi connectivity index (χ0v) is 14.0. The van der Waals surface area contributed by atoms with Crippen LogP contribution in [0.3, 0.4) is 0 Å². The molecular formula is C18H22N4O2. The highest BCUT2D eigenvalue weighted by molar-refractivity contribution is 5.95. The Morgan fingerprint density at radius 3 is 2.88 bits per heavy atom. The minimum atomic E-state index is -0.964. The molecule has 0 aliphatic carbocycles. The molecule has 3 rings (SSSR count). The van der Waals surface area contributed by atoms with Crippen molar-refractivity contribution in [2.24, 2.45) is 5.92 Å². The van der Waals surface area contributed by atoms with Crippen molar-refractivity contribution >= 4 is 23.4 Å². The second-order valence-electron chi connectivity index (χ2n) is 6.36. The quantitative estimate of drug-likeness (QED) is 0.896. The summed E-state index contributed by atoms with van der Waals surface area (Å²) >= 11 is 0. The number of aromatic nitrogens is 2. The monoisotopic (exact) mass is 326 g/mol. The lowest BCUT2D eigenvalue weighted by Gasteiger charge is -2.31. The number of benzene rings is 1. The van der Waals surface area contributed by atoms with Crippen LogP contribution in [0, 0.1) is 12.8 Å². The van der Waals surface area contributed by atoms with Crippen molar-refractivity contribution in [1.29, 1.82) is 0 Å². The number of aromatic carboxylic acids is 1. The Bertz CT molecular complexity index is 748. The Balaban J connectivity index is 1.88. The van der Waals surface area contributed by atoms with Crippen LogP contribution in [-0.2, 0) is 0 Å². The first-order valence-corrected chi connectivity index (χ1v) is 8.23. The molecule has 1 aromatic carbocycles. The standard InChI is InChI=1S/C18H22N4O2/c1-12-6-5-9-22(11-12)18-19-13(2)10-16(21-18)20-15-8-4-3-7-14(15)17(23)24/h3-4,7-8,10,12H,5-6,9,11H2,1-2H3,(H,23,24)(H,19,20,21). The maximum atomic E-state index is 11.3. The topological polar surface area (TPSA) is 78.3 Å². The summed E-state index contributed by atoms with van der Waals surface area (Å²) in [6.45, 7) is 6.07. The van der Waals surface area contributed by atoms with Crippen molar-refractivity contribution in [2.75, 3.05) is 23.3 Å². The number of nitrogens with one attached hydrogen (secondary N) is 1. The van der Waals surface area contributed by atoms with Crippen molar-refractivity contribution < 1.29 is 9.90 Å². The van der Waals surface area contributed by atoms with Crippen LogP contribution in [-0.4, -0.2) is 34.1 Å². The molecule has 1 fully saturated rings. The van der Waals surface area contributed by atoms with E-state index in [1.807, 2.05) is 13.0 Å². The number of rotatable bonds is 4. The van der Waals surface area contributed by atoms with Gasteiger partial charge in [-0.25, -0.2) is 9.78 Å². The average Bonchev–Trinajstić information content (AvgIpc) is 2.54. The van der Waals surface area contributed by atoms with Crippen LogP contribution >= 0.6 is 0 Å². The summed E-state index contributed by atoms with van der Waals surface area (Å²) in [6, 6.07) is 8.65. The Morgan fingerprint density at radius 1 is 1.33 bits per heavy atom. The molecule has 1 aromatic heterocycles. The van der Waals surface area contributed by atoms with E-state index in [0.29, 0.717) is 23.4 Å². The Hall–Kier alpha value is -2.63. The van der Waals surface area contributed by atoms with E-state index in [9.17, 15) is 9.90 Å². The molecule has 2 aromatic rings. The molecular weight excluding hydrogens is 304 g/mol. The largest absolute Gasteiger partial charge is 0.478 e. The molecule has 2 N–H and O–H groups in total. The number of hydrogen-bond donors (Lipinski definition) is 2. The summed E-state index contributed by atoms with van der Waals surface area (Å²) in [6.07, 6.45) is 2.38. The highest BCUT2D eigenvalue weighted by Crippen LogP contribution is 2.24. The van der Waals surface area contributed by atoms with Crippen LogP contribution in [0.1, 0.15) is 35.8 Å². The summed E-state index contributed by atoms with van der Waals surface area (Å²) in [5.74, 6) is 0.988. The van der Waals surface area contributed by atoms with Gasteiger partial charge in [0.15, 0.2) is 0 Å². The lowest BCUT2D eigenvalue weighted by Crippen LogP contribution is -2.35. The number of aryl methyl sites for hydroxylation is 1. The third-order valence-electron chi connectivity index (χ3n) is 4.20. The molecule has 0 saturated carbocycles. The van der Waals surface area contributed by atoms with E-state index in [-0.39, 0.29) is 5.56 Å². The minimum absolute atomic E-state index is 0.224. The fraction of sp³-hybridized carbons (Fsp3) is 0.389. The number of carboxylic acid groups (broad SMARTS) is 1. The minimum Gasteiger partial charge on any atom is -0.478 e. The molecule has 1 aliphatic heterocycles. The van der Waals surface area contributed by atoms with Gasteiger partial charge in [0.1, 0.15) is 5.82 Å². The number of anilines is 3. The third-order valence-corrected chi connectivity index (χ3v) is 4.20. The fourth-order valence-electron chi connectivity index (χ4n) is 3.05. The first-order valence-electron chi connectivity index (χ1n) is 8.23. The van der Waals surface area contributed by atoms with Crippen molar-refractivity contribution in [1.82, 2.24) is 9.97 Å².